The lowest BCUT2D eigenvalue weighted by Gasteiger charge is -2.13. The lowest BCUT2D eigenvalue weighted by Crippen LogP contribution is -2.03. The van der Waals surface area contributed by atoms with Gasteiger partial charge in [0, 0.05) is 10.9 Å². The van der Waals surface area contributed by atoms with Crippen LogP contribution in [0.15, 0.2) is 30.3 Å². The predicted molar refractivity (Wildman–Crippen MR) is 66.1 cm³/mol. The van der Waals surface area contributed by atoms with Gasteiger partial charge in [0.2, 0.25) is 0 Å². The van der Waals surface area contributed by atoms with Crippen LogP contribution in [0.2, 0.25) is 0 Å². The summed E-state index contributed by atoms with van der Waals surface area (Å²) in [5, 5.41) is 1.16. The molecule has 16 heavy (non-hydrogen) atoms. The Morgan fingerprint density at radius 3 is 3.00 bits per heavy atom. The highest BCUT2D eigenvalue weighted by Gasteiger charge is 2.07. The highest BCUT2D eigenvalue weighted by molar-refractivity contribution is 5.86. The second-order valence-electron chi connectivity index (χ2n) is 4.08. The third kappa shape index (κ3) is 1.59. The summed E-state index contributed by atoms with van der Waals surface area (Å²) in [6.45, 7) is 1.54. The number of benzene rings is 1. The fraction of sp³-hybridized carbons (Fsp3) is 0.231. The topological polar surface area (TPSA) is 51.0 Å². The highest BCUT2D eigenvalue weighted by Crippen LogP contribution is 2.25. The first kappa shape index (κ1) is 9.48. The van der Waals surface area contributed by atoms with Gasteiger partial charge in [0.15, 0.2) is 0 Å². The number of H-pyrrole nitrogens is 1. The Kier molecular flexibility index (Phi) is 2.18. The van der Waals surface area contributed by atoms with Gasteiger partial charge in [0.05, 0.1) is 13.2 Å². The molecule has 0 fully saturated rings. The second kappa shape index (κ2) is 3.68. The Morgan fingerprint density at radius 1 is 1.25 bits per heavy atom. The van der Waals surface area contributed by atoms with Crippen molar-refractivity contribution in [3.8, 4) is 0 Å². The third-order valence-electron chi connectivity index (χ3n) is 2.98. The summed E-state index contributed by atoms with van der Waals surface area (Å²) in [5.41, 5.74) is 9.45. The Bertz CT molecular complexity index is 554. The van der Waals surface area contributed by atoms with Gasteiger partial charge in [0.25, 0.3) is 0 Å². The molecule has 0 aliphatic carbocycles. The quantitative estimate of drug-likeness (QED) is 0.766. The van der Waals surface area contributed by atoms with E-state index < -0.39 is 0 Å². The first-order valence-electron chi connectivity index (χ1n) is 5.48. The van der Waals surface area contributed by atoms with E-state index in [0.29, 0.717) is 5.82 Å². The number of nitrogen functional groups attached to an aromatic ring is 1. The van der Waals surface area contributed by atoms with Gasteiger partial charge in [-0.1, -0.05) is 18.2 Å². The van der Waals surface area contributed by atoms with E-state index in [9.17, 15) is 0 Å². The van der Waals surface area contributed by atoms with E-state index in [1.54, 1.807) is 0 Å². The van der Waals surface area contributed by atoms with Gasteiger partial charge in [0.1, 0.15) is 5.82 Å². The molecule has 0 amide bonds. The molecule has 3 nitrogen and oxygen atoms in total. The number of nitrogens with one attached hydrogen (secondary N) is 1. The maximum atomic E-state index is 5.73. The SMILES string of the molecule is Nc1cc2ccc(C3=CCOCC3)cc2[nH]1. The molecule has 0 saturated heterocycles. The van der Waals surface area contributed by atoms with Crippen molar-refractivity contribution in [3.05, 3.63) is 35.9 Å². The van der Waals surface area contributed by atoms with Crippen molar-refractivity contribution < 1.29 is 4.74 Å². The monoisotopic (exact) mass is 214 g/mol. The van der Waals surface area contributed by atoms with Crippen LogP contribution < -0.4 is 5.73 Å². The Balaban J connectivity index is 2.07. The van der Waals surface area contributed by atoms with Crippen LogP contribution in [-0.4, -0.2) is 18.2 Å². The van der Waals surface area contributed by atoms with E-state index in [4.69, 9.17) is 10.5 Å². The van der Waals surface area contributed by atoms with Crippen LogP contribution in [-0.2, 0) is 4.74 Å². The first-order valence-corrected chi connectivity index (χ1v) is 5.48. The van der Waals surface area contributed by atoms with Gasteiger partial charge in [-0.2, -0.15) is 0 Å². The maximum absolute atomic E-state index is 5.73. The average molecular weight is 214 g/mol. The van der Waals surface area contributed by atoms with Gasteiger partial charge in [-0.3, -0.25) is 0 Å². The van der Waals surface area contributed by atoms with Gasteiger partial charge in [-0.25, -0.2) is 0 Å². The van der Waals surface area contributed by atoms with Crippen molar-refractivity contribution in [1.82, 2.24) is 4.98 Å². The second-order valence-corrected chi connectivity index (χ2v) is 4.08. The van der Waals surface area contributed by atoms with Gasteiger partial charge in [-0.05, 0) is 29.7 Å². The Morgan fingerprint density at radius 2 is 2.19 bits per heavy atom. The summed E-state index contributed by atoms with van der Waals surface area (Å²) in [7, 11) is 0. The van der Waals surface area contributed by atoms with E-state index in [-0.39, 0.29) is 0 Å². The average Bonchev–Trinajstić information content (AvgIpc) is 2.69. The molecule has 2 heterocycles. The van der Waals surface area contributed by atoms with Crippen molar-refractivity contribution >= 4 is 22.3 Å². The Labute approximate surface area is 93.9 Å². The molecule has 1 aliphatic rings. The van der Waals surface area contributed by atoms with E-state index >= 15 is 0 Å². The van der Waals surface area contributed by atoms with Crippen LogP contribution in [0.1, 0.15) is 12.0 Å². The molecular weight excluding hydrogens is 200 g/mol. The molecule has 3 N–H and O–H groups in total. The minimum Gasteiger partial charge on any atom is -0.385 e. The molecule has 2 aromatic rings. The molecule has 0 saturated carbocycles. The molecule has 1 aliphatic heterocycles. The lowest BCUT2D eigenvalue weighted by atomic mass is 10.0. The molecule has 0 radical (unpaired) electrons. The number of aromatic amines is 1. The van der Waals surface area contributed by atoms with E-state index in [1.165, 1.54) is 11.1 Å². The predicted octanol–water partition coefficient (Wildman–Crippen LogP) is 2.55. The maximum Gasteiger partial charge on any atom is 0.101 e. The summed E-state index contributed by atoms with van der Waals surface area (Å²) in [4.78, 5) is 3.16. The molecule has 1 aromatic carbocycles. The molecule has 0 spiro atoms. The van der Waals surface area contributed by atoms with Crippen molar-refractivity contribution in [1.29, 1.82) is 0 Å². The van der Waals surface area contributed by atoms with Gasteiger partial charge < -0.3 is 15.5 Å². The molecule has 3 heteroatoms. The largest absolute Gasteiger partial charge is 0.385 e. The zero-order valence-corrected chi connectivity index (χ0v) is 8.99. The Hall–Kier alpha value is -1.74. The summed E-state index contributed by atoms with van der Waals surface area (Å²) >= 11 is 0. The molecule has 1 aromatic heterocycles. The fourth-order valence-electron chi connectivity index (χ4n) is 2.14. The van der Waals surface area contributed by atoms with Crippen molar-refractivity contribution in [2.24, 2.45) is 0 Å². The summed E-state index contributed by atoms with van der Waals surface area (Å²) < 4.78 is 5.31. The zero-order valence-electron chi connectivity index (χ0n) is 8.99. The number of hydrogen-bond acceptors (Lipinski definition) is 2. The van der Waals surface area contributed by atoms with Crippen LogP contribution in [0.4, 0.5) is 5.82 Å². The molecule has 0 atom stereocenters. The van der Waals surface area contributed by atoms with Crippen molar-refractivity contribution in [2.75, 3.05) is 18.9 Å². The summed E-state index contributed by atoms with van der Waals surface area (Å²) in [6.07, 6.45) is 3.14. The smallest absolute Gasteiger partial charge is 0.101 e. The normalized spacial score (nSPS) is 16.4. The van der Waals surface area contributed by atoms with Crippen molar-refractivity contribution in [3.63, 3.8) is 0 Å². The third-order valence-corrected chi connectivity index (χ3v) is 2.98. The van der Waals surface area contributed by atoms with Crippen LogP contribution in [0.3, 0.4) is 0 Å². The van der Waals surface area contributed by atoms with E-state index in [1.807, 2.05) is 6.07 Å². The molecule has 0 unspecified atom stereocenters. The fourth-order valence-corrected chi connectivity index (χ4v) is 2.14. The first-order chi connectivity index (χ1) is 7.83. The minimum atomic E-state index is 0.716. The number of nitrogens with two attached hydrogens (primary N) is 1. The van der Waals surface area contributed by atoms with Crippen LogP contribution in [0, 0.1) is 0 Å². The van der Waals surface area contributed by atoms with E-state index in [0.717, 1.165) is 30.5 Å². The zero-order chi connectivity index (χ0) is 11.0. The number of aromatic nitrogens is 1. The number of fused-ring (bicyclic) bond motifs is 1. The van der Waals surface area contributed by atoms with Crippen molar-refractivity contribution in [2.45, 2.75) is 6.42 Å². The molecule has 3 rings (SSSR count). The summed E-state index contributed by atoms with van der Waals surface area (Å²) in [6, 6.07) is 8.36. The number of hydrogen-bond donors (Lipinski definition) is 2. The molecule has 82 valence electrons. The lowest BCUT2D eigenvalue weighted by molar-refractivity contribution is 0.161. The summed E-state index contributed by atoms with van der Waals surface area (Å²) in [5.74, 6) is 0.716. The van der Waals surface area contributed by atoms with E-state index in [2.05, 4.69) is 29.3 Å². The standard InChI is InChI=1S/C13H14N2O/c14-13-8-11-2-1-10(7-12(11)15-13)9-3-5-16-6-4-9/h1-3,7-8,15H,4-6,14H2. The van der Waals surface area contributed by atoms with Crippen LogP contribution in [0.5, 0.6) is 0 Å². The van der Waals surface area contributed by atoms with Crippen LogP contribution >= 0.6 is 0 Å². The molecular formula is C13H14N2O. The van der Waals surface area contributed by atoms with Gasteiger partial charge in [-0.15, -0.1) is 0 Å². The highest BCUT2D eigenvalue weighted by atomic mass is 16.5. The number of anilines is 1. The number of rotatable bonds is 1. The van der Waals surface area contributed by atoms with Gasteiger partial charge >= 0.3 is 0 Å². The minimum absolute atomic E-state index is 0.716. The number of ether oxygens (including phenoxy) is 1. The van der Waals surface area contributed by atoms with Crippen LogP contribution in [0.25, 0.3) is 16.5 Å². The molecule has 0 bridgehead atoms.